The van der Waals surface area contributed by atoms with Crippen LogP contribution >= 0.6 is 0 Å². The number of hydrogen-bond acceptors (Lipinski definition) is 3. The van der Waals surface area contributed by atoms with Crippen molar-refractivity contribution in [2.45, 2.75) is 6.92 Å². The Hall–Kier alpha value is -4.39. The summed E-state index contributed by atoms with van der Waals surface area (Å²) in [5, 5.41) is 0. The van der Waals surface area contributed by atoms with Gasteiger partial charge in [0.05, 0.1) is 18.4 Å². The van der Waals surface area contributed by atoms with Crippen LogP contribution in [0.1, 0.15) is 26.4 Å². The van der Waals surface area contributed by atoms with E-state index in [9.17, 15) is 14.0 Å². The molecule has 4 aromatic rings. The van der Waals surface area contributed by atoms with Crippen LogP contribution in [0, 0.1) is 12.7 Å². The summed E-state index contributed by atoms with van der Waals surface area (Å²) >= 11 is 0. The molecule has 0 aliphatic carbocycles. The lowest BCUT2D eigenvalue weighted by molar-refractivity contribution is 0.0535. The molecule has 0 saturated carbocycles. The maximum Gasteiger partial charge on any atom is 0.255 e. The topological polar surface area (TPSA) is 54.8 Å². The maximum atomic E-state index is 13.7. The molecule has 1 aromatic heterocycles. The van der Waals surface area contributed by atoms with Crippen LogP contribution in [0.25, 0.3) is 16.9 Å². The molecule has 188 valence electrons. The van der Waals surface area contributed by atoms with Crippen LogP contribution in [-0.4, -0.2) is 59.5 Å². The SMILES string of the molecule is COc1cccc(-n2c(-c3ccccc3)cc(C(=O)N3CCN(C(=O)c4ccc(F)cc4)CC3)c2C)c1. The third-order valence-electron chi connectivity index (χ3n) is 6.80. The third-order valence-corrected chi connectivity index (χ3v) is 6.80. The van der Waals surface area contributed by atoms with E-state index in [1.165, 1.54) is 24.3 Å². The molecule has 37 heavy (non-hydrogen) atoms. The second-order valence-corrected chi connectivity index (χ2v) is 9.02. The Kier molecular flexibility index (Phi) is 6.77. The summed E-state index contributed by atoms with van der Waals surface area (Å²) in [6.07, 6.45) is 0. The highest BCUT2D eigenvalue weighted by Gasteiger charge is 2.28. The lowest BCUT2D eigenvalue weighted by Gasteiger charge is -2.34. The van der Waals surface area contributed by atoms with E-state index in [0.717, 1.165) is 28.4 Å². The molecule has 6 nitrogen and oxygen atoms in total. The van der Waals surface area contributed by atoms with E-state index in [1.54, 1.807) is 16.9 Å². The highest BCUT2D eigenvalue weighted by atomic mass is 19.1. The van der Waals surface area contributed by atoms with Crippen molar-refractivity contribution >= 4 is 11.8 Å². The maximum absolute atomic E-state index is 13.7. The summed E-state index contributed by atoms with van der Waals surface area (Å²) in [6.45, 7) is 3.65. The lowest BCUT2D eigenvalue weighted by Crippen LogP contribution is -2.50. The molecule has 7 heteroatoms. The summed E-state index contributed by atoms with van der Waals surface area (Å²) in [5.41, 5.74) is 4.73. The smallest absolute Gasteiger partial charge is 0.255 e. The van der Waals surface area contributed by atoms with Crippen LogP contribution in [0.5, 0.6) is 5.75 Å². The fraction of sp³-hybridized carbons (Fsp3) is 0.200. The average molecular weight is 498 g/mol. The zero-order valence-corrected chi connectivity index (χ0v) is 20.9. The van der Waals surface area contributed by atoms with Gasteiger partial charge in [-0.15, -0.1) is 0 Å². The summed E-state index contributed by atoms with van der Waals surface area (Å²) in [4.78, 5) is 30.0. The van der Waals surface area contributed by atoms with Crippen molar-refractivity contribution in [2.75, 3.05) is 33.3 Å². The number of carbonyl (C=O) groups excluding carboxylic acids is 2. The molecule has 5 rings (SSSR count). The van der Waals surface area contributed by atoms with Crippen molar-refractivity contribution in [1.29, 1.82) is 0 Å². The quantitative estimate of drug-likeness (QED) is 0.381. The highest BCUT2D eigenvalue weighted by Crippen LogP contribution is 2.31. The molecule has 0 radical (unpaired) electrons. The van der Waals surface area contributed by atoms with Crippen molar-refractivity contribution in [3.63, 3.8) is 0 Å². The van der Waals surface area contributed by atoms with E-state index in [0.29, 0.717) is 37.3 Å². The number of hydrogen-bond donors (Lipinski definition) is 0. The molecule has 0 N–H and O–H groups in total. The van der Waals surface area contributed by atoms with Gasteiger partial charge in [0.25, 0.3) is 11.8 Å². The van der Waals surface area contributed by atoms with Gasteiger partial charge in [0.2, 0.25) is 0 Å². The van der Waals surface area contributed by atoms with E-state index in [2.05, 4.69) is 4.57 Å². The number of amides is 2. The largest absolute Gasteiger partial charge is 0.497 e. The molecule has 1 aliphatic rings. The van der Waals surface area contributed by atoms with Gasteiger partial charge in [-0.3, -0.25) is 9.59 Å². The monoisotopic (exact) mass is 497 g/mol. The van der Waals surface area contributed by atoms with E-state index in [1.807, 2.05) is 67.6 Å². The van der Waals surface area contributed by atoms with Crippen LogP contribution in [0.4, 0.5) is 4.39 Å². The molecule has 0 atom stereocenters. The molecule has 0 bridgehead atoms. The average Bonchev–Trinajstić information content (AvgIpc) is 3.30. The minimum Gasteiger partial charge on any atom is -0.497 e. The molecular weight excluding hydrogens is 469 g/mol. The van der Waals surface area contributed by atoms with Crippen molar-refractivity contribution in [2.24, 2.45) is 0 Å². The van der Waals surface area contributed by atoms with Crippen LogP contribution in [-0.2, 0) is 0 Å². The van der Waals surface area contributed by atoms with Gasteiger partial charge in [-0.2, -0.15) is 0 Å². The Bertz CT molecular complexity index is 1420. The summed E-state index contributed by atoms with van der Waals surface area (Å²) in [5.74, 6) is 0.140. The van der Waals surface area contributed by atoms with E-state index >= 15 is 0 Å². The van der Waals surface area contributed by atoms with E-state index in [-0.39, 0.29) is 17.6 Å². The Labute approximate surface area is 215 Å². The number of halogens is 1. The van der Waals surface area contributed by atoms with Gasteiger partial charge in [0.1, 0.15) is 11.6 Å². The normalized spacial score (nSPS) is 13.5. The molecule has 1 saturated heterocycles. The van der Waals surface area contributed by atoms with Gasteiger partial charge in [-0.05, 0) is 55.0 Å². The van der Waals surface area contributed by atoms with Crippen LogP contribution < -0.4 is 4.74 Å². The Morgan fingerprint density at radius 1 is 0.784 bits per heavy atom. The number of rotatable bonds is 5. The molecule has 1 fully saturated rings. The molecular formula is C30H28FN3O3. The van der Waals surface area contributed by atoms with Gasteiger partial charge >= 0.3 is 0 Å². The van der Waals surface area contributed by atoms with Gasteiger partial charge in [0, 0.05) is 49.2 Å². The predicted octanol–water partition coefficient (Wildman–Crippen LogP) is 5.20. The molecule has 2 amide bonds. The molecule has 2 heterocycles. The minimum absolute atomic E-state index is 0.0646. The first-order chi connectivity index (χ1) is 18.0. The van der Waals surface area contributed by atoms with Crippen molar-refractivity contribution < 1.29 is 18.7 Å². The standard InChI is InChI=1S/C30H28FN3O3/c1-21-27(30(36)33-17-15-32(16-18-33)29(35)23-11-13-24(31)14-12-23)20-28(22-7-4-3-5-8-22)34(21)25-9-6-10-26(19-25)37-2/h3-14,19-20H,15-18H2,1-2H3. The second-order valence-electron chi connectivity index (χ2n) is 9.02. The van der Waals surface area contributed by atoms with E-state index in [4.69, 9.17) is 4.74 Å². The number of aromatic nitrogens is 1. The zero-order valence-electron chi connectivity index (χ0n) is 20.9. The predicted molar refractivity (Wildman–Crippen MR) is 141 cm³/mol. The fourth-order valence-electron chi connectivity index (χ4n) is 4.78. The number of methoxy groups -OCH3 is 1. The molecule has 0 unspecified atom stereocenters. The van der Waals surface area contributed by atoms with Crippen molar-refractivity contribution in [3.8, 4) is 22.7 Å². The zero-order chi connectivity index (χ0) is 25.9. The van der Waals surface area contributed by atoms with Crippen LogP contribution in [0.2, 0.25) is 0 Å². The van der Waals surface area contributed by atoms with Crippen molar-refractivity contribution in [1.82, 2.24) is 14.4 Å². The first-order valence-electron chi connectivity index (χ1n) is 12.2. The molecule has 3 aromatic carbocycles. The van der Waals surface area contributed by atoms with Gasteiger partial charge in [-0.25, -0.2) is 4.39 Å². The van der Waals surface area contributed by atoms with Gasteiger partial charge in [-0.1, -0.05) is 36.4 Å². The van der Waals surface area contributed by atoms with Crippen LogP contribution in [0.3, 0.4) is 0 Å². The first-order valence-corrected chi connectivity index (χ1v) is 12.2. The number of ether oxygens (including phenoxy) is 1. The number of nitrogens with zero attached hydrogens (tertiary/aromatic N) is 3. The van der Waals surface area contributed by atoms with Crippen molar-refractivity contribution in [3.05, 3.63) is 108 Å². The minimum atomic E-state index is -0.377. The van der Waals surface area contributed by atoms with E-state index < -0.39 is 0 Å². The van der Waals surface area contributed by atoms with Crippen LogP contribution in [0.15, 0.2) is 84.9 Å². The third kappa shape index (κ3) is 4.85. The number of piperazine rings is 1. The lowest BCUT2D eigenvalue weighted by atomic mass is 10.1. The van der Waals surface area contributed by atoms with Gasteiger partial charge < -0.3 is 19.1 Å². The Morgan fingerprint density at radius 2 is 1.43 bits per heavy atom. The second kappa shape index (κ2) is 10.3. The summed E-state index contributed by atoms with van der Waals surface area (Å²) in [7, 11) is 1.63. The Balaban J connectivity index is 1.41. The summed E-state index contributed by atoms with van der Waals surface area (Å²) in [6, 6.07) is 25.2. The van der Waals surface area contributed by atoms with Gasteiger partial charge in [0.15, 0.2) is 0 Å². The Morgan fingerprint density at radius 3 is 2.08 bits per heavy atom. The molecule has 1 aliphatic heterocycles. The fourth-order valence-corrected chi connectivity index (χ4v) is 4.78. The highest BCUT2D eigenvalue weighted by molar-refractivity contribution is 5.98. The molecule has 0 spiro atoms. The number of benzene rings is 3. The summed E-state index contributed by atoms with van der Waals surface area (Å²) < 4.78 is 20.8. The number of carbonyl (C=O) groups is 2. The first kappa shape index (κ1) is 24.3.